The molecule has 7 nitrogen and oxygen atoms in total. The van der Waals surface area contributed by atoms with Crippen molar-refractivity contribution in [2.24, 2.45) is 0 Å². The van der Waals surface area contributed by atoms with Crippen LogP contribution in [0, 0.1) is 6.92 Å². The van der Waals surface area contributed by atoms with Gasteiger partial charge in [-0.15, -0.1) is 10.2 Å². The highest BCUT2D eigenvalue weighted by Crippen LogP contribution is 2.26. The van der Waals surface area contributed by atoms with Crippen LogP contribution < -0.4 is 5.32 Å². The number of carbonyl (C=O) groups excluding carboxylic acids is 2. The molecule has 0 fully saturated rings. The Hall–Kier alpha value is -2.39. The molecule has 3 rings (SSSR count). The normalized spacial score (nSPS) is 10.8. The van der Waals surface area contributed by atoms with Crippen molar-refractivity contribution in [3.63, 3.8) is 0 Å². The molecule has 0 radical (unpaired) electrons. The third-order valence-corrected chi connectivity index (χ3v) is 5.54. The number of aromatic nitrogens is 3. The van der Waals surface area contributed by atoms with Gasteiger partial charge in [0.05, 0.1) is 12.4 Å². The second-order valence-corrected chi connectivity index (χ2v) is 7.65. The minimum Gasteiger partial charge on any atom is -0.465 e. The summed E-state index contributed by atoms with van der Waals surface area (Å²) in [5.74, 6) is -0.300. The van der Waals surface area contributed by atoms with Crippen LogP contribution in [0.25, 0.3) is 10.9 Å². The molecule has 0 atom stereocenters. The molecule has 2 aromatic heterocycles. The van der Waals surface area contributed by atoms with Crippen molar-refractivity contribution in [3.05, 3.63) is 36.0 Å². The Kier molecular flexibility index (Phi) is 5.89. The Morgan fingerprint density at radius 3 is 2.92 bits per heavy atom. The average molecular weight is 390 g/mol. The third-order valence-electron chi connectivity index (χ3n) is 3.59. The number of carbonyl (C=O) groups is 2. The van der Waals surface area contributed by atoms with Crippen molar-refractivity contribution >= 4 is 51.0 Å². The summed E-state index contributed by atoms with van der Waals surface area (Å²) >= 11 is 2.47. The Labute approximate surface area is 158 Å². The molecule has 0 aliphatic heterocycles. The van der Waals surface area contributed by atoms with Gasteiger partial charge in [0.1, 0.15) is 6.54 Å². The minimum absolute atomic E-state index is 0.172. The number of nitrogens with zero attached hydrogens (tertiary/aromatic N) is 3. The van der Waals surface area contributed by atoms with Gasteiger partial charge in [0.25, 0.3) is 0 Å². The number of nitrogens with one attached hydrogen (secondary N) is 1. The summed E-state index contributed by atoms with van der Waals surface area (Å²) < 4.78 is 7.43. The van der Waals surface area contributed by atoms with Gasteiger partial charge in [-0.3, -0.25) is 14.9 Å². The number of hydrogen-bond donors (Lipinski definition) is 1. The highest BCUT2D eigenvalue weighted by atomic mass is 32.2. The number of rotatable bonds is 7. The smallest absolute Gasteiger partial charge is 0.316 e. The molecule has 0 spiro atoms. The zero-order valence-corrected chi connectivity index (χ0v) is 16.0. The van der Waals surface area contributed by atoms with Gasteiger partial charge in [-0.2, -0.15) is 0 Å². The molecule has 0 saturated heterocycles. The summed E-state index contributed by atoms with van der Waals surface area (Å²) in [6.07, 6.45) is 0. The van der Waals surface area contributed by atoms with Crippen LogP contribution in [-0.4, -0.2) is 39.0 Å². The van der Waals surface area contributed by atoms with Crippen LogP contribution >= 0.6 is 23.1 Å². The van der Waals surface area contributed by atoms with Gasteiger partial charge in [-0.1, -0.05) is 41.3 Å². The predicted molar refractivity (Wildman–Crippen MR) is 103 cm³/mol. The fraction of sp³-hybridized carbons (Fsp3) is 0.294. The summed E-state index contributed by atoms with van der Waals surface area (Å²) in [7, 11) is 0. The number of hydrogen-bond acceptors (Lipinski definition) is 7. The van der Waals surface area contributed by atoms with Crippen LogP contribution in [0.1, 0.15) is 12.6 Å². The molecule has 1 amide bonds. The molecule has 0 unspecified atom stereocenters. The number of fused-ring (bicyclic) bond motifs is 1. The second-order valence-electron chi connectivity index (χ2n) is 5.45. The first kappa shape index (κ1) is 18.4. The molecule has 9 heteroatoms. The maximum Gasteiger partial charge on any atom is 0.316 e. The minimum atomic E-state index is -0.298. The molecule has 3 aromatic rings. The van der Waals surface area contributed by atoms with E-state index in [1.165, 1.54) is 23.1 Å². The number of aryl methyl sites for hydroxylation is 1. The van der Waals surface area contributed by atoms with Crippen molar-refractivity contribution in [2.75, 3.05) is 17.7 Å². The third kappa shape index (κ3) is 4.41. The maximum atomic E-state index is 12.4. The van der Waals surface area contributed by atoms with Gasteiger partial charge in [-0.05, 0) is 31.4 Å². The molecule has 136 valence electrons. The van der Waals surface area contributed by atoms with Crippen molar-refractivity contribution in [1.29, 1.82) is 0 Å². The summed E-state index contributed by atoms with van der Waals surface area (Å²) in [4.78, 5) is 23.7. The van der Waals surface area contributed by atoms with E-state index < -0.39 is 0 Å². The Bertz CT molecular complexity index is 935. The van der Waals surface area contributed by atoms with E-state index in [-0.39, 0.29) is 24.2 Å². The zero-order chi connectivity index (χ0) is 18.5. The van der Waals surface area contributed by atoms with E-state index in [0.717, 1.165) is 16.6 Å². The monoisotopic (exact) mass is 390 g/mol. The molecular weight excluding hydrogens is 372 g/mol. The first-order chi connectivity index (χ1) is 12.6. The van der Waals surface area contributed by atoms with E-state index in [1.54, 1.807) is 6.92 Å². The lowest BCUT2D eigenvalue weighted by molar-refractivity contribution is -0.139. The molecule has 1 N–H and O–H groups in total. The fourth-order valence-electron chi connectivity index (χ4n) is 2.50. The lowest BCUT2D eigenvalue weighted by Gasteiger charge is -2.07. The van der Waals surface area contributed by atoms with Crippen molar-refractivity contribution in [3.8, 4) is 0 Å². The van der Waals surface area contributed by atoms with Crippen molar-refractivity contribution < 1.29 is 14.3 Å². The first-order valence-electron chi connectivity index (χ1n) is 8.03. The van der Waals surface area contributed by atoms with Gasteiger partial charge >= 0.3 is 5.97 Å². The van der Waals surface area contributed by atoms with Crippen LogP contribution in [0.2, 0.25) is 0 Å². The van der Waals surface area contributed by atoms with Crippen LogP contribution in [0.4, 0.5) is 5.13 Å². The average Bonchev–Trinajstić information content (AvgIpc) is 3.18. The van der Waals surface area contributed by atoms with E-state index >= 15 is 0 Å². The summed E-state index contributed by atoms with van der Waals surface area (Å²) in [5, 5.41) is 12.2. The number of thioether (sulfide) groups is 1. The second kappa shape index (κ2) is 8.33. The number of para-hydroxylation sites is 1. The molecule has 2 heterocycles. The highest BCUT2D eigenvalue weighted by Gasteiger charge is 2.13. The number of anilines is 1. The first-order valence-corrected chi connectivity index (χ1v) is 9.83. The lowest BCUT2D eigenvalue weighted by atomic mass is 10.2. The summed E-state index contributed by atoms with van der Waals surface area (Å²) in [6.45, 7) is 4.29. The lowest BCUT2D eigenvalue weighted by Crippen LogP contribution is -2.19. The molecule has 0 aliphatic carbocycles. The van der Waals surface area contributed by atoms with E-state index in [9.17, 15) is 9.59 Å². The van der Waals surface area contributed by atoms with Crippen molar-refractivity contribution in [2.45, 2.75) is 24.7 Å². The largest absolute Gasteiger partial charge is 0.465 e. The SMILES string of the molecule is CCOC(=O)CSc1nnc(NC(=O)Cn2c(C)cc3ccccc32)s1. The van der Waals surface area contributed by atoms with E-state index in [2.05, 4.69) is 21.6 Å². The van der Waals surface area contributed by atoms with Gasteiger partial charge in [0, 0.05) is 11.2 Å². The van der Waals surface area contributed by atoms with E-state index in [4.69, 9.17) is 4.74 Å². The standard InChI is InChI=1S/C17H18N4O3S2/c1-3-24-15(23)10-25-17-20-19-16(26-17)18-14(22)9-21-11(2)8-12-6-4-5-7-13(12)21/h4-8H,3,9-10H2,1-2H3,(H,18,19,22). The molecule has 26 heavy (non-hydrogen) atoms. The molecular formula is C17H18N4O3S2. The number of amides is 1. The summed E-state index contributed by atoms with van der Waals surface area (Å²) in [5.41, 5.74) is 2.03. The van der Waals surface area contributed by atoms with Crippen molar-refractivity contribution in [1.82, 2.24) is 14.8 Å². The van der Waals surface area contributed by atoms with Gasteiger partial charge < -0.3 is 9.30 Å². The molecule has 1 aromatic carbocycles. The Balaban J connectivity index is 1.60. The number of ether oxygens (including phenoxy) is 1. The van der Waals surface area contributed by atoms with Crippen LogP contribution in [0.3, 0.4) is 0 Å². The zero-order valence-electron chi connectivity index (χ0n) is 14.4. The quantitative estimate of drug-likeness (QED) is 0.379. The van der Waals surface area contributed by atoms with E-state index in [0.29, 0.717) is 16.1 Å². The number of esters is 1. The predicted octanol–water partition coefficient (Wildman–Crippen LogP) is 3.10. The maximum absolute atomic E-state index is 12.4. The fourth-order valence-corrected chi connectivity index (χ4v) is 4.07. The van der Waals surface area contributed by atoms with Crippen LogP contribution in [0.15, 0.2) is 34.7 Å². The van der Waals surface area contributed by atoms with Gasteiger partial charge in [-0.25, -0.2) is 0 Å². The Morgan fingerprint density at radius 2 is 2.12 bits per heavy atom. The highest BCUT2D eigenvalue weighted by molar-refractivity contribution is 8.01. The topological polar surface area (TPSA) is 86.1 Å². The molecule has 0 aliphatic rings. The summed E-state index contributed by atoms with van der Waals surface area (Å²) in [6, 6.07) is 9.99. The number of benzene rings is 1. The Morgan fingerprint density at radius 1 is 1.31 bits per heavy atom. The van der Waals surface area contributed by atoms with E-state index in [1.807, 2.05) is 35.8 Å². The van der Waals surface area contributed by atoms with Gasteiger partial charge in [0.2, 0.25) is 11.0 Å². The van der Waals surface area contributed by atoms with Crippen LogP contribution in [-0.2, 0) is 20.9 Å². The molecule has 0 saturated carbocycles. The van der Waals surface area contributed by atoms with Crippen LogP contribution in [0.5, 0.6) is 0 Å². The van der Waals surface area contributed by atoms with Gasteiger partial charge in [0.15, 0.2) is 4.34 Å². The molecule has 0 bridgehead atoms.